The number of carbonyl (C=O) groups is 2. The van der Waals surface area contributed by atoms with E-state index in [4.69, 9.17) is 27.9 Å². The molecule has 1 heterocycles. The van der Waals surface area contributed by atoms with E-state index in [0.717, 1.165) is 12.8 Å². The van der Waals surface area contributed by atoms with Crippen LogP contribution in [0.25, 0.3) is 0 Å². The van der Waals surface area contributed by atoms with Crippen LogP contribution < -0.4 is 0 Å². The molecular formula is C10H14Cl2O3. The first-order valence-electron chi connectivity index (χ1n) is 5.10. The van der Waals surface area contributed by atoms with Crippen LogP contribution in [-0.2, 0) is 14.3 Å². The minimum atomic E-state index is -0.321. The summed E-state index contributed by atoms with van der Waals surface area (Å²) in [4.78, 5) is 21.1. The number of halogens is 2. The molecule has 0 aliphatic carbocycles. The molecule has 1 saturated heterocycles. The number of rotatable bonds is 6. The fourth-order valence-electron chi connectivity index (χ4n) is 1.75. The summed E-state index contributed by atoms with van der Waals surface area (Å²) in [6.07, 6.45) is 4.16. The standard InChI is InChI=1S/C10H14Cl2O3/c11-9(13)5-3-7-1-2-8(15-7)4-6-10(12)14/h7-8H,1-6H2. The van der Waals surface area contributed by atoms with Crippen LogP contribution in [0.4, 0.5) is 0 Å². The third-order valence-corrected chi connectivity index (χ3v) is 2.90. The van der Waals surface area contributed by atoms with Crippen molar-refractivity contribution in [2.45, 2.75) is 50.7 Å². The topological polar surface area (TPSA) is 43.4 Å². The van der Waals surface area contributed by atoms with Gasteiger partial charge in [0.05, 0.1) is 12.2 Å². The van der Waals surface area contributed by atoms with Gasteiger partial charge in [-0.15, -0.1) is 0 Å². The molecule has 0 aromatic rings. The van der Waals surface area contributed by atoms with Crippen LogP contribution in [0.5, 0.6) is 0 Å². The summed E-state index contributed by atoms with van der Waals surface area (Å²) >= 11 is 10.5. The van der Waals surface area contributed by atoms with Gasteiger partial charge in [0.2, 0.25) is 10.5 Å². The van der Waals surface area contributed by atoms with Gasteiger partial charge < -0.3 is 4.74 Å². The Morgan fingerprint density at radius 1 is 1.00 bits per heavy atom. The van der Waals surface area contributed by atoms with Crippen LogP contribution in [0.3, 0.4) is 0 Å². The third-order valence-electron chi connectivity index (χ3n) is 2.52. The van der Waals surface area contributed by atoms with Crippen LogP contribution in [0, 0.1) is 0 Å². The third kappa shape index (κ3) is 5.50. The lowest BCUT2D eigenvalue weighted by Gasteiger charge is -2.11. The first-order chi connectivity index (χ1) is 7.08. The smallest absolute Gasteiger partial charge is 0.221 e. The molecule has 1 fully saturated rings. The zero-order chi connectivity index (χ0) is 11.3. The zero-order valence-corrected chi connectivity index (χ0v) is 9.89. The first-order valence-corrected chi connectivity index (χ1v) is 5.85. The monoisotopic (exact) mass is 252 g/mol. The van der Waals surface area contributed by atoms with Gasteiger partial charge in [-0.3, -0.25) is 9.59 Å². The number of hydrogen-bond donors (Lipinski definition) is 0. The lowest BCUT2D eigenvalue weighted by Crippen LogP contribution is -2.12. The molecule has 86 valence electrons. The van der Waals surface area contributed by atoms with Crippen molar-refractivity contribution in [3.63, 3.8) is 0 Å². The lowest BCUT2D eigenvalue weighted by molar-refractivity contribution is -0.112. The van der Waals surface area contributed by atoms with E-state index in [0.29, 0.717) is 25.7 Å². The van der Waals surface area contributed by atoms with E-state index in [1.165, 1.54) is 0 Å². The van der Waals surface area contributed by atoms with E-state index in [1.54, 1.807) is 0 Å². The van der Waals surface area contributed by atoms with Gasteiger partial charge in [-0.25, -0.2) is 0 Å². The minimum Gasteiger partial charge on any atom is -0.375 e. The molecule has 2 atom stereocenters. The van der Waals surface area contributed by atoms with Gasteiger partial charge in [0.15, 0.2) is 0 Å². The maximum Gasteiger partial charge on any atom is 0.221 e. The molecule has 1 rings (SSSR count). The Labute approximate surface area is 99.1 Å². The SMILES string of the molecule is O=C(Cl)CCC1CCC(CCC(=O)Cl)O1. The second-order valence-electron chi connectivity index (χ2n) is 3.75. The van der Waals surface area contributed by atoms with Crippen LogP contribution in [0.2, 0.25) is 0 Å². The second kappa shape index (κ2) is 6.46. The van der Waals surface area contributed by atoms with E-state index < -0.39 is 0 Å². The Bertz CT molecular complexity index is 219. The Morgan fingerprint density at radius 2 is 1.40 bits per heavy atom. The van der Waals surface area contributed by atoms with Gasteiger partial charge in [-0.05, 0) is 48.9 Å². The molecule has 0 aromatic carbocycles. The second-order valence-corrected chi connectivity index (χ2v) is 4.59. The predicted octanol–water partition coefficient (Wildman–Crippen LogP) is 2.63. The van der Waals surface area contributed by atoms with Gasteiger partial charge in [-0.2, -0.15) is 0 Å². The summed E-state index contributed by atoms with van der Waals surface area (Å²) < 4.78 is 5.64. The summed E-state index contributed by atoms with van der Waals surface area (Å²) in [7, 11) is 0. The number of ether oxygens (including phenoxy) is 1. The maximum absolute atomic E-state index is 10.5. The molecule has 2 unspecified atom stereocenters. The van der Waals surface area contributed by atoms with Crippen LogP contribution in [-0.4, -0.2) is 22.7 Å². The molecule has 0 bridgehead atoms. The highest BCUT2D eigenvalue weighted by Crippen LogP contribution is 2.26. The normalized spacial score (nSPS) is 25.5. The Balaban J connectivity index is 2.15. The lowest BCUT2D eigenvalue weighted by atomic mass is 10.1. The van der Waals surface area contributed by atoms with E-state index in [1.807, 2.05) is 0 Å². The molecule has 1 aliphatic heterocycles. The highest BCUT2D eigenvalue weighted by Gasteiger charge is 2.25. The zero-order valence-electron chi connectivity index (χ0n) is 8.38. The summed E-state index contributed by atoms with van der Waals surface area (Å²) in [5.41, 5.74) is 0. The Morgan fingerprint density at radius 3 is 1.73 bits per heavy atom. The molecule has 5 heteroatoms. The molecule has 3 nitrogen and oxygen atoms in total. The predicted molar refractivity (Wildman–Crippen MR) is 58.1 cm³/mol. The molecule has 1 aliphatic rings. The fraction of sp³-hybridized carbons (Fsp3) is 0.800. The van der Waals surface area contributed by atoms with Gasteiger partial charge in [0, 0.05) is 12.8 Å². The highest BCUT2D eigenvalue weighted by molar-refractivity contribution is 6.63. The number of carbonyl (C=O) groups excluding carboxylic acids is 2. The highest BCUT2D eigenvalue weighted by atomic mass is 35.5. The Kier molecular flexibility index (Phi) is 5.58. The Hall–Kier alpha value is -0.120. The van der Waals surface area contributed by atoms with Gasteiger partial charge >= 0.3 is 0 Å². The van der Waals surface area contributed by atoms with E-state index in [2.05, 4.69) is 0 Å². The first kappa shape index (κ1) is 12.9. The van der Waals surface area contributed by atoms with Crippen molar-refractivity contribution in [1.29, 1.82) is 0 Å². The van der Waals surface area contributed by atoms with Gasteiger partial charge in [0.25, 0.3) is 0 Å². The van der Waals surface area contributed by atoms with Crippen molar-refractivity contribution < 1.29 is 14.3 Å². The van der Waals surface area contributed by atoms with Crippen molar-refractivity contribution in [3.05, 3.63) is 0 Å². The van der Waals surface area contributed by atoms with Crippen molar-refractivity contribution in [3.8, 4) is 0 Å². The van der Waals surface area contributed by atoms with E-state index in [9.17, 15) is 9.59 Å². The molecule has 15 heavy (non-hydrogen) atoms. The average molecular weight is 253 g/mol. The van der Waals surface area contributed by atoms with Crippen LogP contribution >= 0.6 is 23.2 Å². The quantitative estimate of drug-likeness (QED) is 0.683. The molecule has 0 radical (unpaired) electrons. The number of hydrogen-bond acceptors (Lipinski definition) is 3. The average Bonchev–Trinajstić information content (AvgIpc) is 2.59. The van der Waals surface area contributed by atoms with Gasteiger partial charge in [-0.1, -0.05) is 0 Å². The van der Waals surface area contributed by atoms with Crippen molar-refractivity contribution in [1.82, 2.24) is 0 Å². The van der Waals surface area contributed by atoms with E-state index >= 15 is 0 Å². The minimum absolute atomic E-state index is 0.114. The van der Waals surface area contributed by atoms with Crippen molar-refractivity contribution >= 4 is 33.7 Å². The van der Waals surface area contributed by atoms with Crippen molar-refractivity contribution in [2.75, 3.05) is 0 Å². The molecular weight excluding hydrogens is 239 g/mol. The molecule has 0 spiro atoms. The summed E-state index contributed by atoms with van der Waals surface area (Å²) in [6.45, 7) is 0. The van der Waals surface area contributed by atoms with Gasteiger partial charge in [0.1, 0.15) is 0 Å². The largest absolute Gasteiger partial charge is 0.375 e. The molecule has 0 N–H and O–H groups in total. The molecule has 0 aromatic heterocycles. The summed E-state index contributed by atoms with van der Waals surface area (Å²) in [5, 5.41) is -0.643. The maximum atomic E-state index is 10.5. The van der Waals surface area contributed by atoms with E-state index in [-0.39, 0.29) is 22.7 Å². The van der Waals surface area contributed by atoms with Crippen LogP contribution in [0.15, 0.2) is 0 Å². The molecule has 0 amide bonds. The van der Waals surface area contributed by atoms with Crippen LogP contribution in [0.1, 0.15) is 38.5 Å². The summed E-state index contributed by atoms with van der Waals surface area (Å²) in [6, 6.07) is 0. The molecule has 0 saturated carbocycles. The fourth-order valence-corrected chi connectivity index (χ4v) is 1.97. The van der Waals surface area contributed by atoms with Crippen molar-refractivity contribution in [2.24, 2.45) is 0 Å². The summed E-state index contributed by atoms with van der Waals surface area (Å²) in [5.74, 6) is 0.